The van der Waals surface area contributed by atoms with Crippen molar-refractivity contribution in [1.82, 2.24) is 0 Å². The third kappa shape index (κ3) is 1.94. The summed E-state index contributed by atoms with van der Waals surface area (Å²) in [5, 5.41) is 0. The first-order valence-electron chi connectivity index (χ1n) is 13.0. The second-order valence-corrected chi connectivity index (χ2v) is 14.1. The maximum absolute atomic E-state index is 2.60. The SMILES string of the molecule is CC1=C2CC(CC1C1(C3CC4CC(=C3C)C4(C)C)CC3CC(=C1C)C3(C)C)C2(C)C. The van der Waals surface area contributed by atoms with Gasteiger partial charge in [-0.1, -0.05) is 75.0 Å². The Balaban J connectivity index is 1.54. The van der Waals surface area contributed by atoms with Crippen LogP contribution in [-0.2, 0) is 0 Å². The van der Waals surface area contributed by atoms with E-state index < -0.39 is 0 Å². The lowest BCUT2D eigenvalue weighted by Gasteiger charge is -2.69. The highest BCUT2D eigenvalue weighted by atomic mass is 14.7. The molecule has 30 heavy (non-hydrogen) atoms. The average Bonchev–Trinajstić information content (AvgIpc) is 2.67. The van der Waals surface area contributed by atoms with Crippen LogP contribution in [0.25, 0.3) is 0 Å². The summed E-state index contributed by atoms with van der Waals surface area (Å²) in [4.78, 5) is 0. The summed E-state index contributed by atoms with van der Waals surface area (Å²) in [6, 6.07) is 0. The molecule has 9 rings (SSSR count). The summed E-state index contributed by atoms with van der Waals surface area (Å²) >= 11 is 0. The fourth-order valence-electron chi connectivity index (χ4n) is 10.1. The van der Waals surface area contributed by atoms with E-state index in [9.17, 15) is 0 Å². The maximum Gasteiger partial charge on any atom is 0.00460 e. The molecule has 0 aliphatic heterocycles. The molecule has 5 unspecified atom stereocenters. The van der Waals surface area contributed by atoms with E-state index in [2.05, 4.69) is 62.3 Å². The Morgan fingerprint density at radius 3 is 1.30 bits per heavy atom. The molecule has 0 aromatic heterocycles. The lowest BCUT2D eigenvalue weighted by molar-refractivity contribution is -0.0426. The zero-order valence-corrected chi connectivity index (χ0v) is 21.1. The van der Waals surface area contributed by atoms with Gasteiger partial charge in [-0.15, -0.1) is 0 Å². The van der Waals surface area contributed by atoms with Crippen LogP contribution in [0.15, 0.2) is 33.4 Å². The summed E-state index contributed by atoms with van der Waals surface area (Å²) in [5.74, 6) is 4.35. The zero-order chi connectivity index (χ0) is 21.6. The Morgan fingerprint density at radius 2 is 0.967 bits per heavy atom. The summed E-state index contributed by atoms with van der Waals surface area (Å²) in [5.41, 5.74) is 12.8. The van der Waals surface area contributed by atoms with Gasteiger partial charge < -0.3 is 0 Å². The average molecular weight is 405 g/mol. The van der Waals surface area contributed by atoms with Crippen LogP contribution in [0.3, 0.4) is 0 Å². The van der Waals surface area contributed by atoms with Gasteiger partial charge in [0.2, 0.25) is 0 Å². The van der Waals surface area contributed by atoms with E-state index in [-0.39, 0.29) is 0 Å². The predicted octanol–water partition coefficient (Wildman–Crippen LogP) is 8.50. The standard InChI is InChI=1S/C30H44/c1-16-22-10-19(27(22,4)5)12-24(16)30(15-21-14-26(18(30)3)29(21,8)9)25-13-20-11-23(17(25)2)28(20,6)7/h19-21,24-25H,10-15H2,1-9H3. The van der Waals surface area contributed by atoms with Crippen LogP contribution in [0.2, 0.25) is 0 Å². The highest BCUT2D eigenvalue weighted by Crippen LogP contribution is 2.75. The molecule has 0 aromatic carbocycles. The van der Waals surface area contributed by atoms with Crippen molar-refractivity contribution in [2.45, 2.75) is 101 Å². The minimum absolute atomic E-state index is 0.419. The first kappa shape index (κ1) is 19.9. The van der Waals surface area contributed by atoms with E-state index in [1.165, 1.54) is 38.5 Å². The lowest BCUT2D eigenvalue weighted by Crippen LogP contribution is -2.59. The molecule has 0 heterocycles. The molecule has 3 saturated carbocycles. The molecule has 0 radical (unpaired) electrons. The summed E-state index contributed by atoms with van der Waals surface area (Å²) in [6.07, 6.45) is 8.56. The molecule has 6 bridgehead atoms. The highest BCUT2D eigenvalue weighted by Gasteiger charge is 2.65. The van der Waals surface area contributed by atoms with Crippen molar-refractivity contribution in [1.29, 1.82) is 0 Å². The Bertz CT molecular complexity index is 891. The van der Waals surface area contributed by atoms with Crippen molar-refractivity contribution in [3.63, 3.8) is 0 Å². The quantitative estimate of drug-likeness (QED) is 0.405. The van der Waals surface area contributed by atoms with Gasteiger partial charge in [0.15, 0.2) is 0 Å². The number of fused-ring (bicyclic) bond motifs is 8. The van der Waals surface area contributed by atoms with Crippen molar-refractivity contribution < 1.29 is 0 Å². The fourth-order valence-corrected chi connectivity index (χ4v) is 10.1. The normalized spacial score (nSPS) is 46.9. The number of hydrogen-bond donors (Lipinski definition) is 0. The summed E-state index contributed by atoms with van der Waals surface area (Å²) in [7, 11) is 0. The van der Waals surface area contributed by atoms with Crippen molar-refractivity contribution in [3.8, 4) is 0 Å². The van der Waals surface area contributed by atoms with E-state index in [1.54, 1.807) is 0 Å². The van der Waals surface area contributed by atoms with Crippen LogP contribution >= 0.6 is 0 Å². The van der Waals surface area contributed by atoms with Gasteiger partial charge in [0.25, 0.3) is 0 Å². The first-order chi connectivity index (χ1) is 13.8. The molecular formula is C30H44. The predicted molar refractivity (Wildman–Crippen MR) is 127 cm³/mol. The van der Waals surface area contributed by atoms with Gasteiger partial charge >= 0.3 is 0 Å². The first-order valence-corrected chi connectivity index (χ1v) is 13.0. The van der Waals surface area contributed by atoms with E-state index in [0.717, 1.165) is 29.6 Å². The van der Waals surface area contributed by atoms with Crippen LogP contribution in [-0.4, -0.2) is 0 Å². The topological polar surface area (TPSA) is 0 Å². The molecule has 0 amide bonds. The van der Waals surface area contributed by atoms with Crippen LogP contribution < -0.4 is 0 Å². The molecule has 5 atom stereocenters. The molecule has 0 heteroatoms. The molecule has 0 N–H and O–H groups in total. The Kier molecular flexibility index (Phi) is 3.58. The third-order valence-electron chi connectivity index (χ3n) is 12.8. The largest absolute Gasteiger partial charge is 0.0695 e. The molecule has 0 aromatic rings. The molecule has 3 fully saturated rings. The van der Waals surface area contributed by atoms with Crippen molar-refractivity contribution >= 4 is 0 Å². The minimum Gasteiger partial charge on any atom is -0.0695 e. The zero-order valence-electron chi connectivity index (χ0n) is 21.1. The maximum atomic E-state index is 2.60. The van der Waals surface area contributed by atoms with Crippen LogP contribution in [0.1, 0.15) is 101 Å². The highest BCUT2D eigenvalue weighted by molar-refractivity contribution is 5.48. The minimum atomic E-state index is 0.419. The van der Waals surface area contributed by atoms with Crippen molar-refractivity contribution in [3.05, 3.63) is 33.4 Å². The van der Waals surface area contributed by atoms with Crippen molar-refractivity contribution in [2.24, 2.45) is 51.2 Å². The lowest BCUT2D eigenvalue weighted by atomic mass is 9.36. The summed E-state index contributed by atoms with van der Waals surface area (Å²) < 4.78 is 0. The molecule has 0 nitrogen and oxygen atoms in total. The molecule has 0 saturated heterocycles. The molecule has 9 aliphatic rings. The fraction of sp³-hybridized carbons (Fsp3) is 0.800. The van der Waals surface area contributed by atoms with Gasteiger partial charge in [-0.2, -0.15) is 0 Å². The van der Waals surface area contributed by atoms with E-state index in [1.807, 2.05) is 33.4 Å². The number of allylic oxidation sites excluding steroid dienone is 6. The Morgan fingerprint density at radius 1 is 0.567 bits per heavy atom. The van der Waals surface area contributed by atoms with E-state index in [4.69, 9.17) is 0 Å². The van der Waals surface area contributed by atoms with Crippen LogP contribution in [0, 0.1) is 51.2 Å². The monoisotopic (exact) mass is 404 g/mol. The number of rotatable bonds is 2. The summed E-state index contributed by atoms with van der Waals surface area (Å²) in [6.45, 7) is 22.9. The van der Waals surface area contributed by atoms with Gasteiger partial charge in [0, 0.05) is 5.41 Å². The van der Waals surface area contributed by atoms with Crippen LogP contribution in [0.5, 0.6) is 0 Å². The smallest absolute Gasteiger partial charge is 0.00460 e. The molecule has 164 valence electrons. The molecular weight excluding hydrogens is 360 g/mol. The molecule has 0 spiro atoms. The van der Waals surface area contributed by atoms with Gasteiger partial charge in [-0.3, -0.25) is 0 Å². The van der Waals surface area contributed by atoms with Crippen molar-refractivity contribution in [2.75, 3.05) is 0 Å². The second kappa shape index (κ2) is 5.40. The van der Waals surface area contributed by atoms with Gasteiger partial charge in [0.1, 0.15) is 0 Å². The molecule has 9 aliphatic carbocycles. The van der Waals surface area contributed by atoms with Crippen LogP contribution in [0.4, 0.5) is 0 Å². The van der Waals surface area contributed by atoms with Gasteiger partial charge in [-0.25, -0.2) is 0 Å². The van der Waals surface area contributed by atoms with Gasteiger partial charge in [-0.05, 0) is 105 Å². The van der Waals surface area contributed by atoms with Gasteiger partial charge in [0.05, 0.1) is 0 Å². The second-order valence-electron chi connectivity index (χ2n) is 14.1. The third-order valence-corrected chi connectivity index (χ3v) is 12.8. The number of hydrogen-bond acceptors (Lipinski definition) is 0. The van der Waals surface area contributed by atoms with E-state index in [0.29, 0.717) is 21.7 Å². The Hall–Kier alpha value is -0.780. The van der Waals surface area contributed by atoms with E-state index >= 15 is 0 Å². The Labute approximate surface area is 185 Å².